The van der Waals surface area contributed by atoms with Crippen LogP contribution in [0.1, 0.15) is 6.42 Å². The summed E-state index contributed by atoms with van der Waals surface area (Å²) in [7, 11) is 4.26. The van der Waals surface area contributed by atoms with Crippen molar-refractivity contribution in [3.05, 3.63) is 0 Å². The predicted molar refractivity (Wildman–Crippen MR) is 41.6 cm³/mol. The maximum absolute atomic E-state index is 10.6. The van der Waals surface area contributed by atoms with Crippen molar-refractivity contribution >= 4 is 35.5 Å². The molecule has 0 aliphatic carbocycles. The SMILES string of the molecule is COC(=O)CC(OC)OC.[NaH]. The monoisotopic (exact) mass is 172 g/mol. The summed E-state index contributed by atoms with van der Waals surface area (Å²) >= 11 is 0. The van der Waals surface area contributed by atoms with Crippen LogP contribution < -0.4 is 0 Å². The molecule has 0 rings (SSSR count). The first-order chi connectivity index (χ1) is 4.74. The van der Waals surface area contributed by atoms with E-state index in [-0.39, 0.29) is 41.9 Å². The van der Waals surface area contributed by atoms with Crippen LogP contribution in [0.25, 0.3) is 0 Å². The van der Waals surface area contributed by atoms with Gasteiger partial charge in [0.15, 0.2) is 6.29 Å². The Kier molecular flexibility index (Phi) is 10.8. The van der Waals surface area contributed by atoms with Gasteiger partial charge in [-0.15, -0.1) is 0 Å². The molecule has 0 heterocycles. The normalized spacial score (nSPS) is 9.09. The van der Waals surface area contributed by atoms with Crippen LogP contribution in [-0.2, 0) is 19.0 Å². The zero-order valence-corrected chi connectivity index (χ0v) is 6.42. The average Bonchev–Trinajstić information content (AvgIpc) is 1.99. The van der Waals surface area contributed by atoms with E-state index in [4.69, 9.17) is 9.47 Å². The summed E-state index contributed by atoms with van der Waals surface area (Å²) in [6.45, 7) is 0. The third-order valence-electron chi connectivity index (χ3n) is 1.09. The second kappa shape index (κ2) is 8.49. The molecule has 0 aromatic heterocycles. The van der Waals surface area contributed by atoms with Gasteiger partial charge in [0.1, 0.15) is 0 Å². The number of hydrogen-bond acceptors (Lipinski definition) is 4. The van der Waals surface area contributed by atoms with Gasteiger partial charge in [-0.2, -0.15) is 0 Å². The molecule has 11 heavy (non-hydrogen) atoms. The zero-order valence-electron chi connectivity index (χ0n) is 6.42. The van der Waals surface area contributed by atoms with Crippen molar-refractivity contribution in [3.8, 4) is 0 Å². The summed E-state index contributed by atoms with van der Waals surface area (Å²) in [6.07, 6.45) is -0.365. The summed E-state index contributed by atoms with van der Waals surface area (Å²) < 4.78 is 13.9. The van der Waals surface area contributed by atoms with E-state index in [2.05, 4.69) is 4.74 Å². The topological polar surface area (TPSA) is 44.8 Å². The molecule has 0 saturated carbocycles. The summed E-state index contributed by atoms with van der Waals surface area (Å²) in [5.74, 6) is -0.339. The fourth-order valence-electron chi connectivity index (χ4n) is 0.482. The molecule has 0 saturated heterocycles. The molecule has 5 heteroatoms. The molecular weight excluding hydrogens is 159 g/mol. The molecule has 0 bridgehead atoms. The maximum atomic E-state index is 10.6. The Bertz CT molecular complexity index is 103. The molecule has 0 radical (unpaired) electrons. The van der Waals surface area contributed by atoms with Crippen molar-refractivity contribution in [1.82, 2.24) is 0 Å². The van der Waals surface area contributed by atoms with Crippen molar-refractivity contribution in [2.75, 3.05) is 21.3 Å². The Morgan fingerprint density at radius 1 is 1.27 bits per heavy atom. The first-order valence-corrected chi connectivity index (χ1v) is 2.87. The third kappa shape index (κ3) is 6.77. The van der Waals surface area contributed by atoms with Gasteiger partial charge in [0.05, 0.1) is 13.5 Å². The molecule has 0 atom stereocenters. The van der Waals surface area contributed by atoms with E-state index < -0.39 is 6.29 Å². The van der Waals surface area contributed by atoms with Crippen molar-refractivity contribution in [2.45, 2.75) is 12.7 Å². The number of carbonyl (C=O) groups is 1. The van der Waals surface area contributed by atoms with E-state index in [0.29, 0.717) is 0 Å². The van der Waals surface area contributed by atoms with Crippen LogP contribution in [0.3, 0.4) is 0 Å². The molecule has 0 amide bonds. The molecule has 0 aliphatic heterocycles. The first kappa shape index (κ1) is 13.9. The van der Waals surface area contributed by atoms with E-state index in [0.717, 1.165) is 0 Å². The molecule has 0 aromatic rings. The van der Waals surface area contributed by atoms with E-state index in [1.54, 1.807) is 0 Å². The zero-order chi connectivity index (χ0) is 7.98. The first-order valence-electron chi connectivity index (χ1n) is 2.87. The van der Waals surface area contributed by atoms with Crippen molar-refractivity contribution in [2.24, 2.45) is 0 Å². The average molecular weight is 172 g/mol. The minimum atomic E-state index is -0.493. The molecule has 0 aromatic carbocycles. The summed E-state index contributed by atoms with van der Waals surface area (Å²) in [6, 6.07) is 0. The number of esters is 1. The molecule has 0 N–H and O–H groups in total. The van der Waals surface area contributed by atoms with Gasteiger partial charge in [-0.25, -0.2) is 0 Å². The van der Waals surface area contributed by atoms with Crippen molar-refractivity contribution in [1.29, 1.82) is 0 Å². The second-order valence-electron chi connectivity index (χ2n) is 1.68. The van der Waals surface area contributed by atoms with Crippen molar-refractivity contribution in [3.63, 3.8) is 0 Å². The Hall–Kier alpha value is 0.390. The second-order valence-corrected chi connectivity index (χ2v) is 1.68. The van der Waals surface area contributed by atoms with Gasteiger partial charge in [-0.05, 0) is 0 Å². The molecule has 0 spiro atoms. The Morgan fingerprint density at radius 2 is 1.73 bits per heavy atom. The minimum absolute atomic E-state index is 0. The van der Waals surface area contributed by atoms with Crippen LogP contribution in [0.5, 0.6) is 0 Å². The predicted octanol–water partition coefficient (Wildman–Crippen LogP) is -0.480. The van der Waals surface area contributed by atoms with Gasteiger partial charge >= 0.3 is 35.5 Å². The Balaban J connectivity index is 0. The van der Waals surface area contributed by atoms with E-state index >= 15 is 0 Å². The molecule has 62 valence electrons. The standard InChI is InChI=1S/C6H12O4.Na.H/c1-8-5(7)4-6(9-2)10-3;;/h6H,4H2,1-3H3;;. The molecule has 0 aliphatic rings. The fourth-order valence-corrected chi connectivity index (χ4v) is 0.482. The van der Waals surface area contributed by atoms with Crippen LogP contribution in [0.4, 0.5) is 0 Å². The number of rotatable bonds is 4. The van der Waals surface area contributed by atoms with Gasteiger partial charge in [0.25, 0.3) is 0 Å². The van der Waals surface area contributed by atoms with Gasteiger partial charge in [0, 0.05) is 14.2 Å². The van der Waals surface area contributed by atoms with Gasteiger partial charge in [0.2, 0.25) is 0 Å². The van der Waals surface area contributed by atoms with E-state index in [1.807, 2.05) is 0 Å². The van der Waals surface area contributed by atoms with Crippen LogP contribution in [-0.4, -0.2) is 63.1 Å². The Labute approximate surface area is 88.5 Å². The number of carbonyl (C=O) groups excluding carboxylic acids is 1. The number of hydrogen-bond donors (Lipinski definition) is 0. The fraction of sp³-hybridized carbons (Fsp3) is 0.833. The van der Waals surface area contributed by atoms with Crippen LogP contribution >= 0.6 is 0 Å². The third-order valence-corrected chi connectivity index (χ3v) is 1.09. The number of ether oxygens (including phenoxy) is 3. The molecule has 4 nitrogen and oxygen atoms in total. The Morgan fingerprint density at radius 3 is 2.00 bits per heavy atom. The van der Waals surface area contributed by atoms with Gasteiger partial charge in [-0.3, -0.25) is 4.79 Å². The summed E-state index contributed by atoms with van der Waals surface area (Å²) in [4.78, 5) is 10.6. The van der Waals surface area contributed by atoms with Crippen molar-refractivity contribution < 1.29 is 19.0 Å². The molecule has 0 fully saturated rings. The quantitative estimate of drug-likeness (QED) is 0.326. The van der Waals surface area contributed by atoms with E-state index in [1.165, 1.54) is 21.3 Å². The van der Waals surface area contributed by atoms with Crippen LogP contribution in [0.15, 0.2) is 0 Å². The molecule has 0 unspecified atom stereocenters. The van der Waals surface area contributed by atoms with Crippen LogP contribution in [0, 0.1) is 0 Å². The van der Waals surface area contributed by atoms with Crippen LogP contribution in [0.2, 0.25) is 0 Å². The summed E-state index contributed by atoms with van der Waals surface area (Å²) in [5.41, 5.74) is 0. The van der Waals surface area contributed by atoms with Gasteiger partial charge in [-0.1, -0.05) is 0 Å². The summed E-state index contributed by atoms with van der Waals surface area (Å²) in [5, 5.41) is 0. The number of methoxy groups -OCH3 is 3. The van der Waals surface area contributed by atoms with Gasteiger partial charge < -0.3 is 14.2 Å². The molecular formula is C6H13NaO4. The van der Waals surface area contributed by atoms with E-state index in [9.17, 15) is 4.79 Å².